The fourth-order valence-electron chi connectivity index (χ4n) is 4.46. The summed E-state index contributed by atoms with van der Waals surface area (Å²) in [6, 6.07) is 14.8. The van der Waals surface area contributed by atoms with Gasteiger partial charge in [-0.2, -0.15) is 5.10 Å². The zero-order valence-corrected chi connectivity index (χ0v) is 18.0. The summed E-state index contributed by atoms with van der Waals surface area (Å²) in [7, 11) is 1.46. The standard InChI is InChI=1S/C24H22FN5O3/c1-28-22(32)24(27-23(28)33)11-14-29(15-12-24)21(31)17-4-8-19(9-5-17)30-20(10-13-26-30)16-2-6-18(25)7-3-16/h2-10,13H,11-12,14-15H2,1H3,(H,27,33). The van der Waals surface area contributed by atoms with E-state index < -0.39 is 11.6 Å². The summed E-state index contributed by atoms with van der Waals surface area (Å²) in [6.07, 6.45) is 2.45. The normalized spacial score (nSPS) is 17.5. The highest BCUT2D eigenvalue weighted by Gasteiger charge is 2.51. The Morgan fingerprint density at radius 2 is 1.67 bits per heavy atom. The van der Waals surface area contributed by atoms with E-state index in [0.29, 0.717) is 31.5 Å². The minimum Gasteiger partial charge on any atom is -0.338 e. The summed E-state index contributed by atoms with van der Waals surface area (Å²) in [5, 5.41) is 7.15. The van der Waals surface area contributed by atoms with E-state index in [0.717, 1.165) is 21.8 Å². The van der Waals surface area contributed by atoms with Crippen molar-refractivity contribution in [2.45, 2.75) is 18.4 Å². The van der Waals surface area contributed by atoms with Crippen molar-refractivity contribution in [2.75, 3.05) is 20.1 Å². The fraction of sp³-hybridized carbons (Fsp3) is 0.250. The van der Waals surface area contributed by atoms with Crippen LogP contribution in [0.25, 0.3) is 16.9 Å². The molecule has 2 saturated heterocycles. The lowest BCUT2D eigenvalue weighted by Crippen LogP contribution is -2.55. The van der Waals surface area contributed by atoms with E-state index >= 15 is 0 Å². The molecule has 2 aromatic carbocycles. The van der Waals surface area contributed by atoms with Crippen molar-refractivity contribution in [3.05, 3.63) is 72.2 Å². The highest BCUT2D eigenvalue weighted by atomic mass is 19.1. The SMILES string of the molecule is CN1C(=O)NC2(CCN(C(=O)c3ccc(-n4nccc4-c4ccc(F)cc4)cc3)CC2)C1=O. The molecule has 0 bridgehead atoms. The minimum absolute atomic E-state index is 0.124. The van der Waals surface area contributed by atoms with Crippen LogP contribution in [0, 0.1) is 5.82 Å². The largest absolute Gasteiger partial charge is 0.338 e. The molecule has 5 rings (SSSR count). The van der Waals surface area contributed by atoms with E-state index in [-0.39, 0.29) is 17.6 Å². The number of piperidine rings is 1. The number of carbonyl (C=O) groups is 3. The number of nitrogens with zero attached hydrogens (tertiary/aromatic N) is 4. The lowest BCUT2D eigenvalue weighted by molar-refractivity contribution is -0.131. The number of rotatable bonds is 3. The molecule has 1 aromatic heterocycles. The monoisotopic (exact) mass is 447 g/mol. The number of halogens is 1. The fourth-order valence-corrected chi connectivity index (χ4v) is 4.46. The Kier molecular flexibility index (Phi) is 4.96. The van der Waals surface area contributed by atoms with Crippen LogP contribution < -0.4 is 5.32 Å². The molecule has 4 amide bonds. The van der Waals surface area contributed by atoms with Crippen LogP contribution in [0.3, 0.4) is 0 Å². The van der Waals surface area contributed by atoms with Crippen molar-refractivity contribution in [2.24, 2.45) is 0 Å². The van der Waals surface area contributed by atoms with Gasteiger partial charge in [-0.3, -0.25) is 14.5 Å². The molecule has 33 heavy (non-hydrogen) atoms. The Hall–Kier alpha value is -4.01. The van der Waals surface area contributed by atoms with Gasteiger partial charge in [0.25, 0.3) is 11.8 Å². The number of urea groups is 1. The number of hydrogen-bond acceptors (Lipinski definition) is 4. The molecule has 168 valence electrons. The van der Waals surface area contributed by atoms with Gasteiger partial charge in [-0.15, -0.1) is 0 Å². The third kappa shape index (κ3) is 3.55. The second-order valence-corrected chi connectivity index (χ2v) is 8.35. The predicted octanol–water partition coefficient (Wildman–Crippen LogP) is 2.83. The van der Waals surface area contributed by atoms with Crippen LogP contribution in [0.15, 0.2) is 60.8 Å². The van der Waals surface area contributed by atoms with Crippen LogP contribution >= 0.6 is 0 Å². The average Bonchev–Trinajstić information content (AvgIpc) is 3.40. The van der Waals surface area contributed by atoms with Crippen molar-refractivity contribution in [3.63, 3.8) is 0 Å². The third-order valence-corrected chi connectivity index (χ3v) is 6.41. The zero-order chi connectivity index (χ0) is 23.2. The van der Waals surface area contributed by atoms with Crippen molar-refractivity contribution in [1.29, 1.82) is 0 Å². The number of imide groups is 1. The summed E-state index contributed by atoms with van der Waals surface area (Å²) in [6.45, 7) is 0.766. The maximum absolute atomic E-state index is 13.3. The van der Waals surface area contributed by atoms with Gasteiger partial charge in [-0.1, -0.05) is 0 Å². The maximum Gasteiger partial charge on any atom is 0.324 e. The lowest BCUT2D eigenvalue weighted by atomic mass is 9.87. The summed E-state index contributed by atoms with van der Waals surface area (Å²) >= 11 is 0. The number of carbonyl (C=O) groups excluding carboxylic acids is 3. The number of likely N-dealkylation sites (N-methyl/N-ethyl adjacent to an activating group) is 1. The van der Waals surface area contributed by atoms with Crippen LogP contribution in [0.1, 0.15) is 23.2 Å². The molecule has 2 aliphatic heterocycles. The van der Waals surface area contributed by atoms with Gasteiger partial charge >= 0.3 is 6.03 Å². The molecule has 0 unspecified atom stereocenters. The van der Waals surface area contributed by atoms with E-state index in [1.165, 1.54) is 19.2 Å². The van der Waals surface area contributed by atoms with E-state index in [4.69, 9.17) is 0 Å². The Morgan fingerprint density at radius 3 is 2.27 bits per heavy atom. The van der Waals surface area contributed by atoms with E-state index in [9.17, 15) is 18.8 Å². The summed E-state index contributed by atoms with van der Waals surface area (Å²) in [5.74, 6) is -0.663. The second-order valence-electron chi connectivity index (χ2n) is 8.35. The molecular formula is C24H22FN5O3. The molecule has 2 fully saturated rings. The summed E-state index contributed by atoms with van der Waals surface area (Å²) in [5.41, 5.74) is 2.04. The van der Waals surface area contributed by atoms with Crippen LogP contribution in [0.5, 0.6) is 0 Å². The van der Waals surface area contributed by atoms with Crippen LogP contribution in [0.2, 0.25) is 0 Å². The number of hydrogen-bond donors (Lipinski definition) is 1. The summed E-state index contributed by atoms with van der Waals surface area (Å²) in [4.78, 5) is 40.1. The zero-order valence-electron chi connectivity index (χ0n) is 18.0. The first-order valence-corrected chi connectivity index (χ1v) is 10.7. The molecule has 3 aromatic rings. The first-order chi connectivity index (χ1) is 15.9. The molecule has 2 aliphatic rings. The second kappa shape index (κ2) is 7.84. The predicted molar refractivity (Wildman–Crippen MR) is 118 cm³/mol. The molecule has 1 spiro atoms. The smallest absolute Gasteiger partial charge is 0.324 e. The van der Waals surface area contributed by atoms with Gasteiger partial charge in [0.15, 0.2) is 0 Å². The molecule has 1 N–H and O–H groups in total. The molecular weight excluding hydrogens is 425 g/mol. The van der Waals surface area contributed by atoms with Gasteiger partial charge < -0.3 is 10.2 Å². The van der Waals surface area contributed by atoms with Crippen molar-refractivity contribution in [3.8, 4) is 16.9 Å². The minimum atomic E-state index is -0.899. The third-order valence-electron chi connectivity index (χ3n) is 6.41. The Labute approximate surface area is 189 Å². The lowest BCUT2D eigenvalue weighted by Gasteiger charge is -2.37. The number of likely N-dealkylation sites (tertiary alicyclic amines) is 1. The Morgan fingerprint density at radius 1 is 1.00 bits per heavy atom. The Bertz CT molecular complexity index is 1230. The van der Waals surface area contributed by atoms with E-state index in [1.54, 1.807) is 40.0 Å². The molecule has 0 radical (unpaired) electrons. The highest BCUT2D eigenvalue weighted by molar-refractivity contribution is 6.07. The van der Waals surface area contributed by atoms with Crippen molar-refractivity contribution in [1.82, 2.24) is 24.9 Å². The van der Waals surface area contributed by atoms with Gasteiger partial charge in [-0.25, -0.2) is 13.9 Å². The molecule has 3 heterocycles. The van der Waals surface area contributed by atoms with Gasteiger partial charge in [0.1, 0.15) is 11.4 Å². The van der Waals surface area contributed by atoms with Crippen molar-refractivity contribution < 1.29 is 18.8 Å². The first-order valence-electron chi connectivity index (χ1n) is 10.7. The van der Waals surface area contributed by atoms with Crippen LogP contribution in [0.4, 0.5) is 9.18 Å². The molecule has 0 aliphatic carbocycles. The topological polar surface area (TPSA) is 87.5 Å². The molecule has 0 atom stereocenters. The van der Waals surface area contributed by atoms with Crippen molar-refractivity contribution >= 4 is 17.8 Å². The quantitative estimate of drug-likeness (QED) is 0.626. The molecule has 0 saturated carbocycles. The number of nitrogens with one attached hydrogen (secondary N) is 1. The number of benzene rings is 2. The van der Waals surface area contributed by atoms with E-state index in [1.807, 2.05) is 18.2 Å². The van der Waals surface area contributed by atoms with Gasteiger partial charge in [-0.05, 0) is 67.4 Å². The van der Waals surface area contributed by atoms with Gasteiger partial charge in [0.2, 0.25) is 0 Å². The Balaban J connectivity index is 1.30. The number of aromatic nitrogens is 2. The number of amides is 4. The highest BCUT2D eigenvalue weighted by Crippen LogP contribution is 2.29. The van der Waals surface area contributed by atoms with Crippen LogP contribution in [-0.4, -0.2) is 63.1 Å². The van der Waals surface area contributed by atoms with Gasteiger partial charge in [0, 0.05) is 31.3 Å². The first kappa shape index (κ1) is 20.9. The van der Waals surface area contributed by atoms with Crippen LogP contribution in [-0.2, 0) is 4.79 Å². The maximum atomic E-state index is 13.3. The summed E-state index contributed by atoms with van der Waals surface area (Å²) < 4.78 is 15.0. The van der Waals surface area contributed by atoms with Gasteiger partial charge in [0.05, 0.1) is 17.6 Å². The average molecular weight is 447 g/mol. The molecule has 8 nitrogen and oxygen atoms in total. The van der Waals surface area contributed by atoms with E-state index in [2.05, 4.69) is 10.4 Å². The molecule has 9 heteroatoms.